The van der Waals surface area contributed by atoms with Gasteiger partial charge in [-0.2, -0.15) is 0 Å². The van der Waals surface area contributed by atoms with E-state index in [4.69, 9.17) is 43.7 Å². The van der Waals surface area contributed by atoms with Gasteiger partial charge in [0.05, 0.1) is 86.0 Å². The molecule has 0 aromatic rings. The SMILES string of the molecule is CNCNC(=O)COCCOCCNC(=O)COCCOCCNC(=O)COCCOCCNC(=O)COCCOCCNN. The van der Waals surface area contributed by atoms with Crippen LogP contribution in [0.3, 0.4) is 0 Å². The topological polar surface area (TPSA) is 240 Å². The zero-order valence-electron chi connectivity index (χ0n) is 26.3. The molecule has 45 heavy (non-hydrogen) atoms. The van der Waals surface area contributed by atoms with Crippen molar-refractivity contribution in [1.82, 2.24) is 32.0 Å². The van der Waals surface area contributed by atoms with Gasteiger partial charge in [0.2, 0.25) is 23.6 Å². The van der Waals surface area contributed by atoms with Gasteiger partial charge in [0.1, 0.15) is 26.4 Å². The fraction of sp³-hybridized carbons (Fsp3) is 0.846. The van der Waals surface area contributed by atoms with Gasteiger partial charge in [-0.15, -0.1) is 0 Å². The minimum Gasteiger partial charge on any atom is -0.378 e. The second-order valence-electron chi connectivity index (χ2n) is 8.79. The maximum atomic E-state index is 11.8. The Morgan fingerprint density at radius 2 is 0.711 bits per heavy atom. The molecule has 19 nitrogen and oxygen atoms in total. The molecule has 0 aliphatic heterocycles. The predicted molar refractivity (Wildman–Crippen MR) is 160 cm³/mol. The molecule has 0 unspecified atom stereocenters. The summed E-state index contributed by atoms with van der Waals surface area (Å²) in [5, 5.41) is 13.4. The van der Waals surface area contributed by atoms with E-state index in [0.29, 0.717) is 72.5 Å². The second kappa shape index (κ2) is 34.3. The van der Waals surface area contributed by atoms with E-state index >= 15 is 0 Å². The number of hydrazine groups is 1. The van der Waals surface area contributed by atoms with E-state index in [2.05, 4.69) is 32.0 Å². The van der Waals surface area contributed by atoms with Crippen molar-refractivity contribution in [2.75, 3.05) is 146 Å². The summed E-state index contributed by atoms with van der Waals surface area (Å²) in [6, 6.07) is 0. The van der Waals surface area contributed by atoms with Gasteiger partial charge in [-0.1, -0.05) is 0 Å². The predicted octanol–water partition coefficient (Wildman–Crippen LogP) is -4.78. The first kappa shape index (κ1) is 42.4. The van der Waals surface area contributed by atoms with Crippen molar-refractivity contribution in [2.45, 2.75) is 0 Å². The van der Waals surface area contributed by atoms with Gasteiger partial charge >= 0.3 is 0 Å². The van der Waals surface area contributed by atoms with Crippen LogP contribution in [0.5, 0.6) is 0 Å². The number of nitrogens with one attached hydrogen (secondary N) is 6. The Hall–Kier alpha value is -2.56. The second-order valence-corrected chi connectivity index (χ2v) is 8.79. The lowest BCUT2D eigenvalue weighted by Gasteiger charge is -2.09. The van der Waals surface area contributed by atoms with Crippen molar-refractivity contribution in [3.8, 4) is 0 Å². The molecule has 4 amide bonds. The number of hydrogen-bond acceptors (Lipinski definition) is 15. The van der Waals surface area contributed by atoms with Crippen LogP contribution < -0.4 is 37.9 Å². The largest absolute Gasteiger partial charge is 0.378 e. The smallest absolute Gasteiger partial charge is 0.246 e. The van der Waals surface area contributed by atoms with Crippen LogP contribution in [-0.4, -0.2) is 169 Å². The summed E-state index contributed by atoms with van der Waals surface area (Å²) in [5.74, 6) is 4.07. The summed E-state index contributed by atoms with van der Waals surface area (Å²) in [6.07, 6.45) is 0. The van der Waals surface area contributed by atoms with Crippen molar-refractivity contribution in [1.29, 1.82) is 0 Å². The van der Waals surface area contributed by atoms with Gasteiger partial charge in [0.25, 0.3) is 0 Å². The molecule has 8 N–H and O–H groups in total. The third-order valence-electron chi connectivity index (χ3n) is 4.98. The first-order valence-electron chi connectivity index (χ1n) is 14.8. The summed E-state index contributed by atoms with van der Waals surface area (Å²) in [4.78, 5) is 46.4. The van der Waals surface area contributed by atoms with Crippen LogP contribution in [-0.2, 0) is 57.1 Å². The van der Waals surface area contributed by atoms with Gasteiger partial charge in [0, 0.05) is 26.2 Å². The number of ether oxygens (including phenoxy) is 8. The summed E-state index contributed by atoms with van der Waals surface area (Å²) >= 11 is 0. The van der Waals surface area contributed by atoms with E-state index in [9.17, 15) is 19.2 Å². The lowest BCUT2D eigenvalue weighted by molar-refractivity contribution is -0.128. The van der Waals surface area contributed by atoms with E-state index in [1.165, 1.54) is 0 Å². The zero-order chi connectivity index (χ0) is 33.1. The van der Waals surface area contributed by atoms with Crippen LogP contribution in [0.4, 0.5) is 0 Å². The van der Waals surface area contributed by atoms with Crippen molar-refractivity contribution in [3.05, 3.63) is 0 Å². The van der Waals surface area contributed by atoms with E-state index in [-0.39, 0.29) is 89.7 Å². The highest BCUT2D eigenvalue weighted by Crippen LogP contribution is 1.84. The van der Waals surface area contributed by atoms with Crippen LogP contribution in [0.1, 0.15) is 0 Å². The van der Waals surface area contributed by atoms with E-state index in [1.807, 2.05) is 0 Å². The average molecular weight is 656 g/mol. The monoisotopic (exact) mass is 655 g/mol. The number of carbonyl (C=O) groups is 4. The molecule has 0 aliphatic carbocycles. The van der Waals surface area contributed by atoms with Crippen molar-refractivity contribution >= 4 is 23.6 Å². The summed E-state index contributed by atoms with van der Waals surface area (Å²) in [6.45, 7) is 5.15. The number of carbonyl (C=O) groups excluding carboxylic acids is 4. The zero-order valence-corrected chi connectivity index (χ0v) is 26.3. The van der Waals surface area contributed by atoms with Gasteiger partial charge in [-0.3, -0.25) is 30.4 Å². The van der Waals surface area contributed by atoms with E-state index in [1.54, 1.807) is 7.05 Å². The van der Waals surface area contributed by atoms with Gasteiger partial charge in [-0.05, 0) is 7.05 Å². The first-order chi connectivity index (χ1) is 22.0. The fourth-order valence-electron chi connectivity index (χ4n) is 2.85. The van der Waals surface area contributed by atoms with Crippen molar-refractivity contribution in [2.24, 2.45) is 5.84 Å². The molecule has 0 atom stereocenters. The fourth-order valence-corrected chi connectivity index (χ4v) is 2.85. The minimum absolute atomic E-state index is 0.0410. The number of nitrogens with two attached hydrogens (primary N) is 1. The van der Waals surface area contributed by atoms with Crippen LogP contribution in [0.25, 0.3) is 0 Å². The molecule has 0 fully saturated rings. The molecule has 0 rings (SSSR count). The number of hydrogen-bond donors (Lipinski definition) is 7. The summed E-state index contributed by atoms with van der Waals surface area (Å²) < 4.78 is 42.0. The maximum Gasteiger partial charge on any atom is 0.246 e. The maximum absolute atomic E-state index is 11.8. The van der Waals surface area contributed by atoms with Crippen LogP contribution in [0.15, 0.2) is 0 Å². The van der Waals surface area contributed by atoms with Gasteiger partial charge in [0.15, 0.2) is 0 Å². The Bertz CT molecular complexity index is 740. The third-order valence-corrected chi connectivity index (χ3v) is 4.98. The highest BCUT2D eigenvalue weighted by atomic mass is 16.5. The van der Waals surface area contributed by atoms with Crippen molar-refractivity contribution < 1.29 is 57.1 Å². The van der Waals surface area contributed by atoms with Gasteiger partial charge in [-0.25, -0.2) is 0 Å². The molecule has 0 bridgehead atoms. The lowest BCUT2D eigenvalue weighted by Crippen LogP contribution is -2.34. The van der Waals surface area contributed by atoms with Gasteiger partial charge < -0.3 is 64.5 Å². The van der Waals surface area contributed by atoms with E-state index in [0.717, 1.165) is 0 Å². The quantitative estimate of drug-likeness (QED) is 0.0149. The van der Waals surface area contributed by atoms with E-state index < -0.39 is 0 Å². The Morgan fingerprint density at radius 1 is 0.422 bits per heavy atom. The molecule has 0 aromatic carbocycles. The standard InChI is InChI=1S/C26H53N7O12/c1-28-22-32-26(37)21-45-16-12-40-8-4-30-24(35)19-43-14-10-38-6-2-29-23(34)18-42-15-11-39-7-3-31-25(36)20-44-17-13-41-9-5-33-27/h28,33H,2-22,27H2,1H3,(H,29,34)(H,30,35)(H,31,36)(H,32,37). The summed E-state index contributed by atoms with van der Waals surface area (Å²) in [5.41, 5.74) is 2.46. The molecule has 0 aromatic heterocycles. The average Bonchev–Trinajstić information content (AvgIpc) is 3.03. The molecular weight excluding hydrogens is 602 g/mol. The Labute approximate surface area is 264 Å². The lowest BCUT2D eigenvalue weighted by atomic mass is 10.5. The molecule has 0 saturated carbocycles. The third kappa shape index (κ3) is 34.2. The Kier molecular flexibility index (Phi) is 32.4. The summed E-state index contributed by atoms with van der Waals surface area (Å²) in [7, 11) is 1.72. The Balaban J connectivity index is 3.34. The van der Waals surface area contributed by atoms with Crippen LogP contribution in [0.2, 0.25) is 0 Å². The molecule has 0 spiro atoms. The molecule has 264 valence electrons. The van der Waals surface area contributed by atoms with Crippen molar-refractivity contribution in [3.63, 3.8) is 0 Å². The molecule has 19 heteroatoms. The molecule has 0 aliphatic rings. The Morgan fingerprint density at radius 3 is 1.02 bits per heavy atom. The molecule has 0 radical (unpaired) electrons. The molecule has 0 saturated heterocycles. The molecule has 0 heterocycles. The number of rotatable bonds is 34. The van der Waals surface area contributed by atoms with Crippen LogP contribution >= 0.6 is 0 Å². The minimum atomic E-state index is -0.288. The normalized spacial score (nSPS) is 10.9. The highest BCUT2D eigenvalue weighted by Gasteiger charge is 2.04. The first-order valence-corrected chi connectivity index (χ1v) is 14.8. The highest BCUT2D eigenvalue weighted by molar-refractivity contribution is 5.78. The number of amides is 4. The molecular formula is C26H53N7O12. The van der Waals surface area contributed by atoms with Crippen LogP contribution in [0, 0.1) is 0 Å².